The first-order chi connectivity index (χ1) is 11.8. The van der Waals surface area contributed by atoms with Gasteiger partial charge in [0.1, 0.15) is 0 Å². The van der Waals surface area contributed by atoms with Gasteiger partial charge in [-0.25, -0.2) is 4.98 Å². The fraction of sp³-hybridized carbons (Fsp3) is 0.412. The van der Waals surface area contributed by atoms with Crippen LogP contribution in [0.5, 0.6) is 5.88 Å². The number of ether oxygens (including phenoxy) is 1. The van der Waals surface area contributed by atoms with Crippen molar-refractivity contribution in [2.24, 2.45) is 4.99 Å². The summed E-state index contributed by atoms with van der Waals surface area (Å²) in [5.74, 6) is 1.57. The van der Waals surface area contributed by atoms with Crippen molar-refractivity contribution in [1.29, 1.82) is 0 Å². The molecule has 0 saturated carbocycles. The van der Waals surface area contributed by atoms with Gasteiger partial charge in [-0.3, -0.25) is 4.99 Å². The summed E-state index contributed by atoms with van der Waals surface area (Å²) in [6, 6.07) is 8.21. The number of methoxy groups -OCH3 is 1. The SMILES string of the molecule is CN=C(NCc1ccnc(OC)c1)N1CCN(c2cccs2)CC1.I. The highest BCUT2D eigenvalue weighted by Gasteiger charge is 2.20. The Balaban J connectivity index is 0.00000225. The molecule has 1 aliphatic heterocycles. The molecule has 0 aliphatic carbocycles. The average Bonchev–Trinajstić information content (AvgIpc) is 3.18. The zero-order valence-corrected chi connectivity index (χ0v) is 17.7. The fourth-order valence-corrected chi connectivity index (χ4v) is 3.56. The molecule has 0 aromatic carbocycles. The van der Waals surface area contributed by atoms with E-state index in [0.717, 1.165) is 37.7 Å². The largest absolute Gasteiger partial charge is 0.481 e. The lowest BCUT2D eigenvalue weighted by molar-refractivity contribution is 0.373. The average molecular weight is 473 g/mol. The molecular formula is C17H24IN5OS. The third-order valence-corrected chi connectivity index (χ3v) is 5.00. The monoisotopic (exact) mass is 473 g/mol. The van der Waals surface area contributed by atoms with E-state index < -0.39 is 0 Å². The summed E-state index contributed by atoms with van der Waals surface area (Å²) in [6.07, 6.45) is 1.76. The fourth-order valence-electron chi connectivity index (χ4n) is 2.77. The molecule has 6 nitrogen and oxygen atoms in total. The predicted molar refractivity (Wildman–Crippen MR) is 115 cm³/mol. The molecule has 0 spiro atoms. The van der Waals surface area contributed by atoms with Gasteiger partial charge in [0.05, 0.1) is 12.1 Å². The predicted octanol–water partition coefficient (Wildman–Crippen LogP) is 2.67. The summed E-state index contributed by atoms with van der Waals surface area (Å²) in [5.41, 5.74) is 1.13. The number of piperazine rings is 1. The molecule has 1 fully saturated rings. The molecule has 0 unspecified atom stereocenters. The maximum atomic E-state index is 5.17. The lowest BCUT2D eigenvalue weighted by Gasteiger charge is -2.37. The van der Waals surface area contributed by atoms with Gasteiger partial charge in [0.15, 0.2) is 5.96 Å². The molecule has 3 heterocycles. The topological polar surface area (TPSA) is 53.0 Å². The second-order valence-electron chi connectivity index (χ2n) is 5.53. The van der Waals surface area contributed by atoms with E-state index in [1.54, 1.807) is 24.6 Å². The Kier molecular flexibility index (Phi) is 7.76. The zero-order chi connectivity index (χ0) is 16.8. The summed E-state index contributed by atoms with van der Waals surface area (Å²) >= 11 is 1.80. The zero-order valence-electron chi connectivity index (χ0n) is 14.5. The molecule has 2 aromatic heterocycles. The highest BCUT2D eigenvalue weighted by Crippen LogP contribution is 2.22. The van der Waals surface area contributed by atoms with E-state index in [9.17, 15) is 0 Å². The van der Waals surface area contributed by atoms with Crippen molar-refractivity contribution in [3.05, 3.63) is 41.4 Å². The molecule has 0 amide bonds. The van der Waals surface area contributed by atoms with Gasteiger partial charge in [0, 0.05) is 52.0 Å². The van der Waals surface area contributed by atoms with E-state index in [-0.39, 0.29) is 24.0 Å². The molecule has 2 aromatic rings. The third-order valence-electron chi connectivity index (χ3n) is 4.07. The molecule has 25 heavy (non-hydrogen) atoms. The Bertz CT molecular complexity index is 671. The highest BCUT2D eigenvalue weighted by atomic mass is 127. The van der Waals surface area contributed by atoms with Crippen LogP contribution in [0.25, 0.3) is 0 Å². The summed E-state index contributed by atoms with van der Waals surface area (Å²) in [6.45, 7) is 4.68. The van der Waals surface area contributed by atoms with Crippen LogP contribution in [0.1, 0.15) is 5.56 Å². The Morgan fingerprint density at radius 1 is 1.32 bits per heavy atom. The minimum Gasteiger partial charge on any atom is -0.481 e. The van der Waals surface area contributed by atoms with Crippen LogP contribution in [0.15, 0.2) is 40.8 Å². The maximum Gasteiger partial charge on any atom is 0.213 e. The Morgan fingerprint density at radius 2 is 2.12 bits per heavy atom. The summed E-state index contributed by atoms with van der Waals surface area (Å²) in [7, 11) is 3.46. The van der Waals surface area contributed by atoms with Crippen LogP contribution in [0, 0.1) is 0 Å². The van der Waals surface area contributed by atoms with Crippen LogP contribution in [0.4, 0.5) is 5.00 Å². The molecule has 136 valence electrons. The lowest BCUT2D eigenvalue weighted by Crippen LogP contribution is -2.52. The molecular weight excluding hydrogens is 449 g/mol. The van der Waals surface area contributed by atoms with Crippen molar-refractivity contribution in [1.82, 2.24) is 15.2 Å². The molecule has 3 rings (SSSR count). The number of guanidine groups is 1. The first kappa shape index (κ1) is 19.8. The smallest absolute Gasteiger partial charge is 0.213 e. The van der Waals surface area contributed by atoms with Gasteiger partial charge in [-0.15, -0.1) is 35.3 Å². The van der Waals surface area contributed by atoms with Gasteiger partial charge in [0.25, 0.3) is 0 Å². The van der Waals surface area contributed by atoms with Crippen LogP contribution in [0.3, 0.4) is 0 Å². The van der Waals surface area contributed by atoms with Gasteiger partial charge in [-0.05, 0) is 29.1 Å². The molecule has 0 bridgehead atoms. The number of pyridine rings is 1. The number of hydrogen-bond acceptors (Lipinski definition) is 5. The lowest BCUT2D eigenvalue weighted by atomic mass is 10.2. The summed E-state index contributed by atoms with van der Waals surface area (Å²) in [4.78, 5) is 13.3. The van der Waals surface area contributed by atoms with Crippen molar-refractivity contribution < 1.29 is 4.74 Å². The van der Waals surface area contributed by atoms with E-state index in [1.807, 2.05) is 19.2 Å². The van der Waals surface area contributed by atoms with E-state index in [1.165, 1.54) is 5.00 Å². The highest BCUT2D eigenvalue weighted by molar-refractivity contribution is 14.0. The van der Waals surface area contributed by atoms with Crippen LogP contribution in [-0.2, 0) is 6.54 Å². The van der Waals surface area contributed by atoms with Crippen molar-refractivity contribution >= 4 is 46.3 Å². The number of hydrogen-bond donors (Lipinski definition) is 1. The molecule has 1 saturated heterocycles. The number of thiophene rings is 1. The number of aliphatic imine (C=N–C) groups is 1. The standard InChI is InChI=1S/C17H23N5OS.HI/c1-18-17(20-13-14-5-6-19-15(12-14)23-2)22-9-7-21(8-10-22)16-4-3-11-24-16;/h3-6,11-12H,7-10,13H2,1-2H3,(H,18,20);1H. The first-order valence-electron chi connectivity index (χ1n) is 8.03. The van der Waals surface area contributed by atoms with Crippen LogP contribution in [0.2, 0.25) is 0 Å². The van der Waals surface area contributed by atoms with Gasteiger partial charge < -0.3 is 19.9 Å². The van der Waals surface area contributed by atoms with Gasteiger partial charge in [-0.2, -0.15) is 0 Å². The Morgan fingerprint density at radius 3 is 2.76 bits per heavy atom. The van der Waals surface area contributed by atoms with Gasteiger partial charge >= 0.3 is 0 Å². The van der Waals surface area contributed by atoms with E-state index in [2.05, 4.69) is 42.6 Å². The minimum atomic E-state index is 0. The third kappa shape index (κ3) is 5.21. The van der Waals surface area contributed by atoms with Crippen molar-refractivity contribution in [3.8, 4) is 5.88 Å². The Hall–Kier alpha value is -1.55. The van der Waals surface area contributed by atoms with E-state index in [0.29, 0.717) is 12.4 Å². The van der Waals surface area contributed by atoms with Crippen molar-refractivity contribution in [2.75, 3.05) is 45.2 Å². The van der Waals surface area contributed by atoms with Gasteiger partial charge in [-0.1, -0.05) is 0 Å². The number of nitrogens with zero attached hydrogens (tertiary/aromatic N) is 4. The van der Waals surface area contributed by atoms with Crippen molar-refractivity contribution in [2.45, 2.75) is 6.54 Å². The normalized spacial score (nSPS) is 14.9. The van der Waals surface area contributed by atoms with Gasteiger partial charge in [0.2, 0.25) is 5.88 Å². The van der Waals surface area contributed by atoms with Crippen molar-refractivity contribution in [3.63, 3.8) is 0 Å². The second kappa shape index (κ2) is 9.81. The first-order valence-corrected chi connectivity index (χ1v) is 8.91. The number of anilines is 1. The van der Waals surface area contributed by atoms with E-state index >= 15 is 0 Å². The number of halogens is 1. The van der Waals surface area contributed by atoms with Crippen LogP contribution >= 0.6 is 35.3 Å². The number of aromatic nitrogens is 1. The summed E-state index contributed by atoms with van der Waals surface area (Å²) < 4.78 is 5.17. The quantitative estimate of drug-likeness (QED) is 0.421. The number of nitrogens with one attached hydrogen (secondary N) is 1. The number of rotatable bonds is 4. The molecule has 1 N–H and O–H groups in total. The van der Waals surface area contributed by atoms with Crippen LogP contribution < -0.4 is 15.0 Å². The molecule has 0 atom stereocenters. The molecule has 8 heteroatoms. The van der Waals surface area contributed by atoms with E-state index in [4.69, 9.17) is 4.74 Å². The molecule has 0 radical (unpaired) electrons. The maximum absolute atomic E-state index is 5.17. The Labute approximate surface area is 169 Å². The minimum absolute atomic E-state index is 0. The molecule has 1 aliphatic rings. The summed E-state index contributed by atoms with van der Waals surface area (Å²) in [5, 5.41) is 6.91. The second-order valence-corrected chi connectivity index (χ2v) is 6.46. The van der Waals surface area contributed by atoms with Crippen LogP contribution in [-0.4, -0.2) is 56.2 Å².